The van der Waals surface area contributed by atoms with Gasteiger partial charge in [0.05, 0.1) is 5.41 Å². The summed E-state index contributed by atoms with van der Waals surface area (Å²) in [5, 5.41) is 0. The van der Waals surface area contributed by atoms with Crippen molar-refractivity contribution in [2.75, 3.05) is 0 Å². The maximum Gasteiger partial charge on any atom is 0.0719 e. The van der Waals surface area contributed by atoms with Gasteiger partial charge in [-0.2, -0.15) is 0 Å². The summed E-state index contributed by atoms with van der Waals surface area (Å²) in [5.74, 6) is 0. The predicted octanol–water partition coefficient (Wildman–Crippen LogP) is 6.72. The third-order valence-corrected chi connectivity index (χ3v) is 6.72. The van der Waals surface area contributed by atoms with Crippen LogP contribution in [0.5, 0.6) is 0 Å². The van der Waals surface area contributed by atoms with Crippen LogP contribution in [0.2, 0.25) is 0 Å². The molecule has 1 heteroatoms. The first kappa shape index (κ1) is 15.4. The SMILES string of the molecule is Brc1ccc2c(c1)-c1ccccc1C21c2ccccc2Cc2ccccc21. The zero-order chi connectivity index (χ0) is 18.0. The van der Waals surface area contributed by atoms with Gasteiger partial charge >= 0.3 is 0 Å². The van der Waals surface area contributed by atoms with E-state index < -0.39 is 0 Å². The molecule has 4 aromatic carbocycles. The maximum atomic E-state index is 3.69. The largest absolute Gasteiger partial charge is 0.0719 e. The van der Waals surface area contributed by atoms with Crippen LogP contribution in [0.3, 0.4) is 0 Å². The summed E-state index contributed by atoms with van der Waals surface area (Å²) < 4.78 is 1.13. The lowest BCUT2D eigenvalue weighted by molar-refractivity contribution is 0.722. The first-order chi connectivity index (χ1) is 13.3. The number of fused-ring (bicyclic) bond motifs is 9. The molecule has 0 fully saturated rings. The molecule has 0 amide bonds. The Labute approximate surface area is 167 Å². The van der Waals surface area contributed by atoms with Gasteiger partial charge in [0, 0.05) is 4.47 Å². The second kappa shape index (κ2) is 5.43. The molecular weight excluding hydrogens is 392 g/mol. The van der Waals surface area contributed by atoms with Crippen LogP contribution in [0, 0.1) is 0 Å². The van der Waals surface area contributed by atoms with E-state index in [1.54, 1.807) is 0 Å². The van der Waals surface area contributed by atoms with Gasteiger partial charge in [0.2, 0.25) is 0 Å². The van der Waals surface area contributed by atoms with Crippen molar-refractivity contribution in [3.63, 3.8) is 0 Å². The Hall–Kier alpha value is -2.64. The molecule has 6 rings (SSSR count). The van der Waals surface area contributed by atoms with Gasteiger partial charge in [-0.3, -0.25) is 0 Å². The smallest absolute Gasteiger partial charge is 0.0620 e. The van der Waals surface area contributed by atoms with Crippen molar-refractivity contribution >= 4 is 15.9 Å². The van der Waals surface area contributed by atoms with Gasteiger partial charge in [-0.25, -0.2) is 0 Å². The summed E-state index contributed by atoms with van der Waals surface area (Å²) in [4.78, 5) is 0. The van der Waals surface area contributed by atoms with Gasteiger partial charge in [-0.15, -0.1) is 0 Å². The number of hydrogen-bond donors (Lipinski definition) is 0. The van der Waals surface area contributed by atoms with Crippen molar-refractivity contribution in [3.05, 3.63) is 129 Å². The van der Waals surface area contributed by atoms with Crippen LogP contribution in [0.1, 0.15) is 33.4 Å². The molecule has 2 aliphatic carbocycles. The van der Waals surface area contributed by atoms with E-state index >= 15 is 0 Å². The quantitative estimate of drug-likeness (QED) is 0.261. The van der Waals surface area contributed by atoms with Crippen molar-refractivity contribution < 1.29 is 0 Å². The molecule has 0 heterocycles. The molecule has 0 N–H and O–H groups in total. The van der Waals surface area contributed by atoms with E-state index in [9.17, 15) is 0 Å². The second-order valence-electron chi connectivity index (χ2n) is 7.48. The Morgan fingerprint density at radius 3 is 1.81 bits per heavy atom. The van der Waals surface area contributed by atoms with Crippen molar-refractivity contribution in [1.82, 2.24) is 0 Å². The second-order valence-corrected chi connectivity index (χ2v) is 8.39. The van der Waals surface area contributed by atoms with Crippen LogP contribution < -0.4 is 0 Å². The molecule has 2 aliphatic rings. The Morgan fingerprint density at radius 1 is 0.556 bits per heavy atom. The van der Waals surface area contributed by atoms with E-state index in [0.717, 1.165) is 10.9 Å². The van der Waals surface area contributed by atoms with Gasteiger partial charge in [0.1, 0.15) is 0 Å². The molecule has 0 aromatic heterocycles. The van der Waals surface area contributed by atoms with Crippen molar-refractivity contribution in [2.24, 2.45) is 0 Å². The molecule has 0 saturated heterocycles. The van der Waals surface area contributed by atoms with E-state index in [1.165, 1.54) is 44.5 Å². The summed E-state index contributed by atoms with van der Waals surface area (Å²) in [6.45, 7) is 0. The Morgan fingerprint density at radius 2 is 1.11 bits per heavy atom. The highest BCUT2D eigenvalue weighted by atomic mass is 79.9. The monoisotopic (exact) mass is 408 g/mol. The van der Waals surface area contributed by atoms with Crippen LogP contribution in [0.4, 0.5) is 0 Å². The fourth-order valence-electron chi connectivity index (χ4n) is 5.27. The summed E-state index contributed by atoms with van der Waals surface area (Å²) >= 11 is 3.69. The topological polar surface area (TPSA) is 0 Å². The zero-order valence-electron chi connectivity index (χ0n) is 14.7. The molecule has 0 radical (unpaired) electrons. The minimum atomic E-state index is -0.224. The van der Waals surface area contributed by atoms with Crippen LogP contribution >= 0.6 is 15.9 Å². The van der Waals surface area contributed by atoms with Crippen LogP contribution in [0.25, 0.3) is 11.1 Å². The van der Waals surface area contributed by atoms with Crippen molar-refractivity contribution in [2.45, 2.75) is 11.8 Å². The van der Waals surface area contributed by atoms with Crippen LogP contribution in [-0.2, 0) is 11.8 Å². The molecule has 4 aromatic rings. The number of rotatable bonds is 0. The van der Waals surface area contributed by atoms with Gasteiger partial charge in [-0.05, 0) is 63.1 Å². The van der Waals surface area contributed by atoms with Crippen molar-refractivity contribution in [1.29, 1.82) is 0 Å². The predicted molar refractivity (Wildman–Crippen MR) is 114 cm³/mol. The lowest BCUT2D eigenvalue weighted by atomic mass is 9.61. The van der Waals surface area contributed by atoms with E-state index in [2.05, 4.69) is 107 Å². The molecule has 27 heavy (non-hydrogen) atoms. The molecule has 0 nitrogen and oxygen atoms in total. The first-order valence-electron chi connectivity index (χ1n) is 9.37. The highest BCUT2D eigenvalue weighted by Gasteiger charge is 2.49. The third kappa shape index (κ3) is 1.88. The summed E-state index contributed by atoms with van der Waals surface area (Å²) in [6, 6.07) is 33.7. The fraction of sp³-hybridized carbons (Fsp3) is 0.0769. The first-order valence-corrected chi connectivity index (χ1v) is 10.2. The zero-order valence-corrected chi connectivity index (χ0v) is 16.3. The Kier molecular flexibility index (Phi) is 3.10. The van der Waals surface area contributed by atoms with E-state index in [-0.39, 0.29) is 5.41 Å². The van der Waals surface area contributed by atoms with Gasteiger partial charge in [-0.1, -0.05) is 94.8 Å². The summed E-state index contributed by atoms with van der Waals surface area (Å²) in [5.41, 5.74) is 11.0. The van der Waals surface area contributed by atoms with Gasteiger partial charge in [0.25, 0.3) is 0 Å². The van der Waals surface area contributed by atoms with E-state index in [4.69, 9.17) is 0 Å². The molecule has 0 unspecified atom stereocenters. The number of halogens is 1. The fourth-order valence-corrected chi connectivity index (χ4v) is 5.63. The molecule has 128 valence electrons. The summed E-state index contributed by atoms with van der Waals surface area (Å²) in [6.07, 6.45) is 1.00. The highest BCUT2D eigenvalue weighted by molar-refractivity contribution is 9.10. The molecule has 1 spiro atoms. The Balaban J connectivity index is 1.86. The standard InChI is InChI=1S/C26H17Br/c27-19-13-14-25-21(16-19)20-9-3-6-12-24(20)26(25)22-10-4-1-7-17(22)15-18-8-2-5-11-23(18)26/h1-14,16H,15H2. The lowest BCUT2D eigenvalue weighted by Crippen LogP contribution is -2.34. The highest BCUT2D eigenvalue weighted by Crippen LogP contribution is 2.59. The van der Waals surface area contributed by atoms with Gasteiger partial charge < -0.3 is 0 Å². The minimum Gasteiger partial charge on any atom is -0.0620 e. The molecular formula is C26H17Br. The maximum absolute atomic E-state index is 3.69. The molecule has 0 aliphatic heterocycles. The minimum absolute atomic E-state index is 0.224. The average molecular weight is 409 g/mol. The Bertz CT molecular complexity index is 1170. The molecule has 0 atom stereocenters. The van der Waals surface area contributed by atoms with Gasteiger partial charge in [0.15, 0.2) is 0 Å². The van der Waals surface area contributed by atoms with Crippen molar-refractivity contribution in [3.8, 4) is 11.1 Å². The lowest BCUT2D eigenvalue weighted by Gasteiger charge is -2.40. The van der Waals surface area contributed by atoms with Crippen LogP contribution in [0.15, 0.2) is 95.5 Å². The number of hydrogen-bond acceptors (Lipinski definition) is 0. The average Bonchev–Trinajstić information content (AvgIpc) is 2.99. The third-order valence-electron chi connectivity index (χ3n) is 6.23. The molecule has 0 bridgehead atoms. The van der Waals surface area contributed by atoms with E-state index in [1.807, 2.05) is 0 Å². The molecule has 0 saturated carbocycles. The number of benzene rings is 4. The van der Waals surface area contributed by atoms with E-state index in [0.29, 0.717) is 0 Å². The summed E-state index contributed by atoms with van der Waals surface area (Å²) in [7, 11) is 0. The normalized spacial score (nSPS) is 15.0. The van der Waals surface area contributed by atoms with Crippen LogP contribution in [-0.4, -0.2) is 0 Å².